The highest BCUT2D eigenvalue weighted by atomic mass is 16.6. The molecule has 48 heavy (non-hydrogen) atoms. The largest absolute Gasteiger partial charge is 0.483 e. The normalized spacial score (nSPS) is 16.2. The minimum absolute atomic E-state index is 0.171. The molecule has 0 aromatic heterocycles. The summed E-state index contributed by atoms with van der Waals surface area (Å²) in [5.74, 6) is -0.788. The van der Waals surface area contributed by atoms with Crippen LogP contribution in [0.25, 0.3) is 10.8 Å². The van der Waals surface area contributed by atoms with Crippen LogP contribution in [-0.2, 0) is 25.7 Å². The van der Waals surface area contributed by atoms with Crippen molar-refractivity contribution in [3.05, 3.63) is 65.2 Å². The Hall–Kier alpha value is -5.33. The van der Waals surface area contributed by atoms with Crippen molar-refractivity contribution in [3.8, 4) is 5.75 Å². The van der Waals surface area contributed by atoms with Crippen molar-refractivity contribution in [1.29, 1.82) is 0 Å². The summed E-state index contributed by atoms with van der Waals surface area (Å²) in [6.45, 7) is 8.18. The Bertz CT molecular complexity index is 1780. The molecule has 3 N–H and O–H groups in total. The number of benzene rings is 3. The van der Waals surface area contributed by atoms with Crippen LogP contribution in [0.15, 0.2) is 58.8 Å². The van der Waals surface area contributed by atoms with Crippen molar-refractivity contribution in [2.75, 3.05) is 19.7 Å². The monoisotopic (exact) mass is 656 g/mol. The molecule has 5 rings (SSSR count). The number of rotatable bonds is 11. The number of carbonyl (C=O) groups excluding carboxylic acids is 5. The SMILES string of the molecule is Cc1cc(N=Nc2cccc3c2CN(C2CCC(=O)NC2=O)C3=O)c2ccccc2c1OCC(=O)NCCCCNC(=O)OC(C)(C)C. The van der Waals surface area contributed by atoms with Crippen LogP contribution in [-0.4, -0.2) is 66.0 Å². The maximum absolute atomic E-state index is 13.2. The van der Waals surface area contributed by atoms with Gasteiger partial charge in [-0.25, -0.2) is 4.79 Å². The van der Waals surface area contributed by atoms with Gasteiger partial charge >= 0.3 is 6.09 Å². The lowest BCUT2D eigenvalue weighted by Gasteiger charge is -2.29. The molecule has 1 saturated heterocycles. The van der Waals surface area contributed by atoms with Crippen LogP contribution >= 0.6 is 0 Å². The van der Waals surface area contributed by atoms with Gasteiger partial charge in [-0.05, 0) is 70.7 Å². The van der Waals surface area contributed by atoms with E-state index < -0.39 is 23.6 Å². The number of alkyl carbamates (subject to hydrolysis) is 1. The third-order valence-corrected chi connectivity index (χ3v) is 7.92. The van der Waals surface area contributed by atoms with Gasteiger partial charge in [0, 0.05) is 48.0 Å². The number of nitrogens with one attached hydrogen (secondary N) is 3. The molecule has 1 atom stereocenters. The van der Waals surface area contributed by atoms with E-state index >= 15 is 0 Å². The average molecular weight is 657 g/mol. The maximum Gasteiger partial charge on any atom is 0.407 e. The van der Waals surface area contributed by atoms with E-state index in [1.807, 2.05) is 37.3 Å². The Morgan fingerprint density at radius 1 is 0.958 bits per heavy atom. The molecular formula is C35H40N6O7. The summed E-state index contributed by atoms with van der Waals surface area (Å²) >= 11 is 0. The van der Waals surface area contributed by atoms with Crippen LogP contribution in [0.5, 0.6) is 5.75 Å². The average Bonchev–Trinajstić information content (AvgIpc) is 3.36. The highest BCUT2D eigenvalue weighted by molar-refractivity contribution is 6.06. The molecule has 0 saturated carbocycles. The zero-order valence-corrected chi connectivity index (χ0v) is 27.6. The number of carbonyl (C=O) groups is 5. The molecule has 0 radical (unpaired) electrons. The van der Waals surface area contributed by atoms with Crippen molar-refractivity contribution in [3.63, 3.8) is 0 Å². The van der Waals surface area contributed by atoms with E-state index in [0.717, 1.165) is 16.3 Å². The van der Waals surface area contributed by atoms with E-state index in [1.165, 1.54) is 4.90 Å². The van der Waals surface area contributed by atoms with Gasteiger partial charge in [0.1, 0.15) is 17.4 Å². The Labute approximate surface area is 278 Å². The van der Waals surface area contributed by atoms with Crippen LogP contribution in [0, 0.1) is 6.92 Å². The molecule has 2 aliphatic heterocycles. The second-order valence-corrected chi connectivity index (χ2v) is 12.8. The van der Waals surface area contributed by atoms with Crippen LogP contribution < -0.4 is 20.7 Å². The zero-order valence-electron chi connectivity index (χ0n) is 27.6. The number of unbranched alkanes of at least 4 members (excludes halogenated alkanes) is 1. The minimum atomic E-state index is -0.721. The first kappa shape index (κ1) is 34.0. The van der Waals surface area contributed by atoms with Crippen molar-refractivity contribution in [2.45, 2.75) is 71.6 Å². The van der Waals surface area contributed by atoms with Crippen LogP contribution in [0.2, 0.25) is 0 Å². The molecule has 5 amide bonds. The van der Waals surface area contributed by atoms with Crippen molar-refractivity contribution < 1.29 is 33.4 Å². The Morgan fingerprint density at radius 3 is 2.40 bits per heavy atom. The summed E-state index contributed by atoms with van der Waals surface area (Å²) in [6.07, 6.45) is 1.35. The second kappa shape index (κ2) is 14.6. The van der Waals surface area contributed by atoms with Crippen LogP contribution in [0.4, 0.5) is 16.2 Å². The summed E-state index contributed by atoms with van der Waals surface area (Å²) in [6, 6.07) is 13.9. The number of fused-ring (bicyclic) bond motifs is 2. The van der Waals surface area contributed by atoms with Gasteiger partial charge in [-0.15, -0.1) is 5.11 Å². The smallest absolute Gasteiger partial charge is 0.407 e. The van der Waals surface area contributed by atoms with Gasteiger partial charge in [0.15, 0.2) is 6.61 Å². The fourth-order valence-electron chi connectivity index (χ4n) is 5.68. The molecule has 1 fully saturated rings. The summed E-state index contributed by atoms with van der Waals surface area (Å²) in [5, 5.41) is 18.5. The van der Waals surface area contributed by atoms with Gasteiger partial charge in [0.05, 0.1) is 11.4 Å². The Morgan fingerprint density at radius 2 is 1.67 bits per heavy atom. The number of hydrogen-bond donors (Lipinski definition) is 3. The fraction of sp³-hybridized carbons (Fsp3) is 0.400. The first-order valence-electron chi connectivity index (χ1n) is 16.0. The first-order valence-corrected chi connectivity index (χ1v) is 16.0. The topological polar surface area (TPSA) is 168 Å². The van der Waals surface area contributed by atoms with E-state index in [4.69, 9.17) is 9.47 Å². The third-order valence-electron chi connectivity index (χ3n) is 7.92. The predicted octanol–water partition coefficient (Wildman–Crippen LogP) is 5.12. The van der Waals surface area contributed by atoms with Crippen molar-refractivity contribution >= 4 is 51.9 Å². The molecule has 0 bridgehead atoms. The van der Waals surface area contributed by atoms with Crippen LogP contribution in [0.3, 0.4) is 0 Å². The Kier molecular flexibility index (Phi) is 10.4. The molecule has 2 heterocycles. The van der Waals surface area contributed by atoms with Gasteiger partial charge in [-0.2, -0.15) is 5.11 Å². The highest BCUT2D eigenvalue weighted by Gasteiger charge is 2.40. The number of piperidine rings is 1. The lowest BCUT2D eigenvalue weighted by molar-refractivity contribution is -0.137. The summed E-state index contributed by atoms with van der Waals surface area (Å²) < 4.78 is 11.2. The van der Waals surface area contributed by atoms with E-state index in [1.54, 1.807) is 39.0 Å². The van der Waals surface area contributed by atoms with E-state index in [9.17, 15) is 24.0 Å². The second-order valence-electron chi connectivity index (χ2n) is 12.8. The first-order chi connectivity index (χ1) is 22.9. The van der Waals surface area contributed by atoms with Gasteiger partial charge < -0.3 is 25.0 Å². The number of ether oxygens (including phenoxy) is 2. The van der Waals surface area contributed by atoms with E-state index in [0.29, 0.717) is 54.2 Å². The predicted molar refractivity (Wildman–Crippen MR) is 177 cm³/mol. The summed E-state index contributed by atoms with van der Waals surface area (Å²) in [4.78, 5) is 63.0. The number of aryl methyl sites for hydroxylation is 1. The quantitative estimate of drug-likeness (QED) is 0.146. The third kappa shape index (κ3) is 8.14. The molecule has 0 spiro atoms. The number of hydrogen-bond acceptors (Lipinski definition) is 9. The van der Waals surface area contributed by atoms with Gasteiger partial charge in [0.25, 0.3) is 11.8 Å². The van der Waals surface area contributed by atoms with Crippen molar-refractivity contribution in [2.24, 2.45) is 10.2 Å². The molecule has 13 heteroatoms. The molecule has 13 nitrogen and oxygen atoms in total. The van der Waals surface area contributed by atoms with E-state index in [2.05, 4.69) is 26.2 Å². The molecule has 3 aromatic carbocycles. The summed E-state index contributed by atoms with van der Waals surface area (Å²) in [7, 11) is 0. The fourth-order valence-corrected chi connectivity index (χ4v) is 5.68. The Balaban J connectivity index is 1.21. The zero-order chi connectivity index (χ0) is 34.4. The van der Waals surface area contributed by atoms with Crippen molar-refractivity contribution in [1.82, 2.24) is 20.9 Å². The van der Waals surface area contributed by atoms with E-state index in [-0.39, 0.29) is 43.7 Å². The lowest BCUT2D eigenvalue weighted by Crippen LogP contribution is -2.52. The number of nitrogens with zero attached hydrogens (tertiary/aromatic N) is 3. The molecule has 2 aliphatic rings. The molecule has 252 valence electrons. The molecule has 0 aliphatic carbocycles. The number of amides is 5. The summed E-state index contributed by atoms with van der Waals surface area (Å²) in [5.41, 5.74) is 2.43. The van der Waals surface area contributed by atoms with Gasteiger partial charge in [-0.1, -0.05) is 30.3 Å². The number of imide groups is 1. The van der Waals surface area contributed by atoms with Crippen LogP contribution in [0.1, 0.15) is 67.9 Å². The minimum Gasteiger partial charge on any atom is -0.483 e. The number of azo groups is 1. The maximum atomic E-state index is 13.2. The lowest BCUT2D eigenvalue weighted by atomic mass is 10.0. The van der Waals surface area contributed by atoms with Gasteiger partial charge in [0.2, 0.25) is 11.8 Å². The standard InChI is InChI=1S/C35H40N6O7/c1-21-18-27(40-39-26-13-9-12-24-25(26)19-41(33(24)45)28-14-15-29(42)38-32(28)44)22-10-5-6-11-23(22)31(21)47-20-30(43)36-16-7-8-17-37-34(46)48-35(2,3)4/h5-6,9-13,18,28H,7-8,14-17,19-20H2,1-4H3,(H,36,43)(H,37,46)(H,38,42,44). The van der Waals surface area contributed by atoms with Gasteiger partial charge in [-0.3, -0.25) is 24.5 Å². The molecular weight excluding hydrogens is 616 g/mol. The molecule has 3 aromatic rings. The molecule has 1 unspecified atom stereocenters. The highest BCUT2D eigenvalue weighted by Crippen LogP contribution is 2.39.